The van der Waals surface area contributed by atoms with Crippen LogP contribution < -0.4 is 11.1 Å². The molecule has 2 amide bonds. The maximum absolute atomic E-state index is 12.0. The van der Waals surface area contributed by atoms with Gasteiger partial charge in [-0.2, -0.15) is 0 Å². The number of carbonyl (C=O) groups excluding carboxylic acids is 1. The van der Waals surface area contributed by atoms with Crippen molar-refractivity contribution in [2.45, 2.75) is 24.8 Å². The molecule has 0 radical (unpaired) electrons. The zero-order chi connectivity index (χ0) is 13.4. The number of aryl methyl sites for hydroxylation is 1. The summed E-state index contributed by atoms with van der Waals surface area (Å²) in [5.41, 5.74) is 7.12. The lowest BCUT2D eigenvalue weighted by molar-refractivity contribution is 0.207. The van der Waals surface area contributed by atoms with E-state index in [0.717, 1.165) is 12.2 Å². The first-order chi connectivity index (χ1) is 9.13. The monoisotopic (exact) mass is 263 g/mol. The predicted molar refractivity (Wildman–Crippen MR) is 71.6 cm³/mol. The highest BCUT2D eigenvalue weighted by molar-refractivity contribution is 5.74. The summed E-state index contributed by atoms with van der Waals surface area (Å²) in [7, 11) is 1.94. The van der Waals surface area contributed by atoms with Gasteiger partial charge >= 0.3 is 6.03 Å². The molecule has 3 N–H and O–H groups in total. The van der Waals surface area contributed by atoms with Crippen molar-refractivity contribution in [3.05, 3.63) is 18.2 Å². The number of likely N-dealkylation sites (tertiary alicyclic amines) is 1. The van der Waals surface area contributed by atoms with Crippen molar-refractivity contribution in [2.75, 3.05) is 19.6 Å². The van der Waals surface area contributed by atoms with Gasteiger partial charge < -0.3 is 20.5 Å². The van der Waals surface area contributed by atoms with Crippen LogP contribution in [0.25, 0.3) is 0 Å². The van der Waals surface area contributed by atoms with Crippen molar-refractivity contribution < 1.29 is 4.79 Å². The normalized spacial score (nSPS) is 26.7. The van der Waals surface area contributed by atoms with Crippen LogP contribution in [-0.4, -0.2) is 46.2 Å². The summed E-state index contributed by atoms with van der Waals surface area (Å²) >= 11 is 0. The average Bonchev–Trinajstić information content (AvgIpc) is 2.99. The smallest absolute Gasteiger partial charge is 0.317 e. The first kappa shape index (κ1) is 12.5. The summed E-state index contributed by atoms with van der Waals surface area (Å²) in [6, 6.07) is -0.0117. The van der Waals surface area contributed by atoms with Gasteiger partial charge in [-0.3, -0.25) is 0 Å². The summed E-state index contributed by atoms with van der Waals surface area (Å²) in [5.74, 6) is 0.847. The molecule has 6 heteroatoms. The minimum Gasteiger partial charge on any atom is -0.340 e. The van der Waals surface area contributed by atoms with E-state index < -0.39 is 0 Å². The Kier molecular flexibility index (Phi) is 3.18. The number of rotatable bonds is 3. The van der Waals surface area contributed by atoms with Gasteiger partial charge in [0.2, 0.25) is 0 Å². The molecule has 104 valence electrons. The van der Waals surface area contributed by atoms with E-state index in [1.54, 1.807) is 6.33 Å². The number of nitrogens with two attached hydrogens (primary N) is 1. The van der Waals surface area contributed by atoms with Crippen LogP contribution in [0.1, 0.15) is 24.5 Å². The van der Waals surface area contributed by atoms with Gasteiger partial charge in [0.15, 0.2) is 0 Å². The van der Waals surface area contributed by atoms with Gasteiger partial charge in [0, 0.05) is 44.8 Å². The summed E-state index contributed by atoms with van der Waals surface area (Å²) in [5, 5.41) is 2.99. The average molecular weight is 263 g/mol. The molecule has 2 atom stereocenters. The lowest BCUT2D eigenvalue weighted by Crippen LogP contribution is -2.40. The fourth-order valence-electron chi connectivity index (χ4n) is 2.60. The lowest BCUT2D eigenvalue weighted by Gasteiger charge is -2.16. The summed E-state index contributed by atoms with van der Waals surface area (Å²) in [4.78, 5) is 18.2. The molecule has 2 heterocycles. The van der Waals surface area contributed by atoms with E-state index >= 15 is 0 Å². The van der Waals surface area contributed by atoms with Crippen molar-refractivity contribution in [1.82, 2.24) is 19.8 Å². The minimum atomic E-state index is -0.0263. The van der Waals surface area contributed by atoms with Gasteiger partial charge in [-0.05, 0) is 18.8 Å². The number of nitrogens with one attached hydrogen (secondary N) is 1. The van der Waals surface area contributed by atoms with Gasteiger partial charge in [0.05, 0.1) is 12.0 Å². The van der Waals surface area contributed by atoms with Gasteiger partial charge in [0.1, 0.15) is 0 Å². The second-order valence-electron chi connectivity index (χ2n) is 5.77. The number of hydrogen-bond donors (Lipinski definition) is 2. The maximum Gasteiger partial charge on any atom is 0.317 e. The molecule has 0 spiro atoms. The summed E-state index contributed by atoms with van der Waals surface area (Å²) < 4.78 is 1.91. The third-order valence-corrected chi connectivity index (χ3v) is 4.00. The molecule has 19 heavy (non-hydrogen) atoms. The lowest BCUT2D eigenvalue weighted by atomic mass is 10.0. The van der Waals surface area contributed by atoms with E-state index in [0.29, 0.717) is 19.0 Å². The number of imidazole rings is 1. The quantitative estimate of drug-likeness (QED) is 0.821. The molecule has 0 bridgehead atoms. The minimum absolute atomic E-state index is 0.0146. The standard InChI is InChI=1S/C13H21N5O/c1-17-7-12(16-8-17)10-5-18(6-11(10)14)13(19)15-4-9-2-3-9/h7-11H,2-6,14H2,1H3,(H,15,19)/t10-,11-/m1/s1. The third kappa shape index (κ3) is 2.73. The Morgan fingerprint density at radius 1 is 1.53 bits per heavy atom. The second kappa shape index (κ2) is 4.85. The van der Waals surface area contributed by atoms with E-state index in [-0.39, 0.29) is 18.0 Å². The van der Waals surface area contributed by atoms with E-state index in [1.807, 2.05) is 22.7 Å². The topological polar surface area (TPSA) is 76.2 Å². The van der Waals surface area contributed by atoms with E-state index in [2.05, 4.69) is 10.3 Å². The van der Waals surface area contributed by atoms with Gasteiger partial charge in [-0.15, -0.1) is 0 Å². The fourth-order valence-corrected chi connectivity index (χ4v) is 2.60. The molecule has 1 saturated carbocycles. The molecule has 1 aliphatic heterocycles. The second-order valence-corrected chi connectivity index (χ2v) is 5.77. The fraction of sp³-hybridized carbons (Fsp3) is 0.692. The van der Waals surface area contributed by atoms with Crippen LogP contribution >= 0.6 is 0 Å². The molecule has 3 rings (SSSR count). The predicted octanol–water partition coefficient (Wildman–Crippen LogP) is 0.266. The molecule has 1 aliphatic carbocycles. The highest BCUT2D eigenvalue weighted by Crippen LogP contribution is 2.28. The number of nitrogens with zero attached hydrogens (tertiary/aromatic N) is 3. The first-order valence-electron chi connectivity index (χ1n) is 6.89. The Morgan fingerprint density at radius 3 is 2.95 bits per heavy atom. The zero-order valence-electron chi connectivity index (χ0n) is 11.2. The number of urea groups is 1. The van der Waals surface area contributed by atoms with Crippen LogP contribution in [0.3, 0.4) is 0 Å². The van der Waals surface area contributed by atoms with Crippen LogP contribution in [0.15, 0.2) is 12.5 Å². The molecule has 6 nitrogen and oxygen atoms in total. The zero-order valence-corrected chi connectivity index (χ0v) is 11.2. The van der Waals surface area contributed by atoms with Crippen molar-refractivity contribution in [2.24, 2.45) is 18.7 Å². The van der Waals surface area contributed by atoms with E-state index in [1.165, 1.54) is 12.8 Å². The van der Waals surface area contributed by atoms with Gasteiger partial charge in [-0.25, -0.2) is 9.78 Å². The van der Waals surface area contributed by atoms with Gasteiger partial charge in [-0.1, -0.05) is 0 Å². The molecule has 1 saturated heterocycles. The van der Waals surface area contributed by atoms with Crippen molar-refractivity contribution in [3.63, 3.8) is 0 Å². The molecular weight excluding hydrogens is 242 g/mol. The Morgan fingerprint density at radius 2 is 2.32 bits per heavy atom. The summed E-state index contributed by atoms with van der Waals surface area (Å²) in [6.45, 7) is 2.07. The first-order valence-corrected chi connectivity index (χ1v) is 6.89. The highest BCUT2D eigenvalue weighted by atomic mass is 16.2. The Hall–Kier alpha value is -1.56. The molecule has 0 aromatic carbocycles. The Bertz CT molecular complexity index is 467. The Balaban J connectivity index is 1.58. The summed E-state index contributed by atoms with van der Waals surface area (Å²) in [6.07, 6.45) is 6.25. The molecule has 1 aromatic heterocycles. The van der Waals surface area contributed by atoms with Crippen molar-refractivity contribution in [1.29, 1.82) is 0 Å². The van der Waals surface area contributed by atoms with Crippen molar-refractivity contribution >= 4 is 6.03 Å². The van der Waals surface area contributed by atoms with Crippen LogP contribution in [0.4, 0.5) is 4.79 Å². The molecule has 2 fully saturated rings. The van der Waals surface area contributed by atoms with E-state index in [4.69, 9.17) is 5.73 Å². The molecule has 2 aliphatic rings. The number of amides is 2. The van der Waals surface area contributed by atoms with Crippen LogP contribution in [-0.2, 0) is 7.05 Å². The van der Waals surface area contributed by atoms with Crippen LogP contribution in [0.5, 0.6) is 0 Å². The SMILES string of the molecule is Cn1cnc([C@@H]2CN(C(=O)NCC3CC3)C[C@H]2N)c1. The number of aromatic nitrogens is 2. The highest BCUT2D eigenvalue weighted by Gasteiger charge is 2.35. The third-order valence-electron chi connectivity index (χ3n) is 4.00. The molecular formula is C13H21N5O. The molecule has 1 aromatic rings. The maximum atomic E-state index is 12.0. The largest absolute Gasteiger partial charge is 0.340 e. The van der Waals surface area contributed by atoms with E-state index in [9.17, 15) is 4.79 Å². The number of hydrogen-bond acceptors (Lipinski definition) is 3. The Labute approximate surface area is 113 Å². The van der Waals surface area contributed by atoms with Gasteiger partial charge in [0.25, 0.3) is 0 Å². The van der Waals surface area contributed by atoms with Crippen molar-refractivity contribution in [3.8, 4) is 0 Å². The van der Waals surface area contributed by atoms with Crippen LogP contribution in [0.2, 0.25) is 0 Å². The number of carbonyl (C=O) groups is 1. The molecule has 0 unspecified atom stereocenters. The van der Waals surface area contributed by atoms with Crippen LogP contribution in [0, 0.1) is 5.92 Å².